The van der Waals surface area contributed by atoms with Crippen LogP contribution in [0.1, 0.15) is 20.3 Å². The van der Waals surface area contributed by atoms with Crippen LogP contribution in [-0.2, 0) is 14.0 Å². The van der Waals surface area contributed by atoms with E-state index in [0.29, 0.717) is 0 Å². The monoisotopic (exact) mass is 230 g/mol. The minimum Gasteiger partial charge on any atom is -0.519 e. The zero-order valence-electron chi connectivity index (χ0n) is 9.66. The van der Waals surface area contributed by atoms with E-state index in [9.17, 15) is 9.59 Å². The lowest BCUT2D eigenvalue weighted by Crippen LogP contribution is -2.32. The van der Waals surface area contributed by atoms with Crippen molar-refractivity contribution in [3.63, 3.8) is 0 Å². The fraction of sp³-hybridized carbons (Fsp3) is 0.600. The molecule has 0 aromatic carbocycles. The van der Waals surface area contributed by atoms with Gasteiger partial charge in [-0.15, -0.1) is 0 Å². The van der Waals surface area contributed by atoms with E-state index in [-0.39, 0.29) is 18.0 Å². The molecule has 0 bridgehead atoms. The molecule has 86 valence electrons. The Morgan fingerprint density at radius 3 is 2.33 bits per heavy atom. The molecule has 0 saturated heterocycles. The summed E-state index contributed by atoms with van der Waals surface area (Å²) in [5.41, 5.74) is 0.169. The van der Waals surface area contributed by atoms with Crippen molar-refractivity contribution in [2.45, 2.75) is 39.4 Å². The molecule has 0 spiro atoms. The van der Waals surface area contributed by atoms with Crippen LogP contribution in [0, 0.1) is 0 Å². The van der Waals surface area contributed by atoms with Crippen molar-refractivity contribution in [1.82, 2.24) is 0 Å². The number of aliphatic carboxylic acids is 1. The van der Waals surface area contributed by atoms with E-state index in [2.05, 4.69) is 0 Å². The maximum absolute atomic E-state index is 11.3. The minimum atomic E-state index is -1.87. The van der Waals surface area contributed by atoms with Gasteiger partial charge in [-0.05, 0) is 26.1 Å². The van der Waals surface area contributed by atoms with Gasteiger partial charge in [-0.25, -0.2) is 4.79 Å². The quantitative estimate of drug-likeness (QED) is 0.581. The molecule has 0 radical (unpaired) electrons. The Hall–Kier alpha value is -1.10. The predicted octanol–water partition coefficient (Wildman–Crippen LogP) is 2.18. The van der Waals surface area contributed by atoms with Crippen molar-refractivity contribution in [3.8, 4) is 0 Å². The molecule has 1 N–H and O–H groups in total. The van der Waals surface area contributed by atoms with E-state index in [4.69, 9.17) is 9.53 Å². The molecule has 0 aromatic rings. The molecule has 0 aliphatic heterocycles. The predicted molar refractivity (Wildman–Crippen MR) is 60.1 cm³/mol. The van der Waals surface area contributed by atoms with Crippen LogP contribution >= 0.6 is 0 Å². The van der Waals surface area contributed by atoms with Gasteiger partial charge in [-0.1, -0.05) is 13.0 Å². The Balaban J connectivity index is 4.17. The van der Waals surface area contributed by atoms with Crippen LogP contribution in [0.4, 0.5) is 0 Å². The van der Waals surface area contributed by atoms with Crippen LogP contribution in [0.25, 0.3) is 0 Å². The first-order valence-corrected chi connectivity index (χ1v) is 8.02. The van der Waals surface area contributed by atoms with Gasteiger partial charge in [0, 0.05) is 5.57 Å². The number of rotatable bonds is 5. The molecule has 0 amide bonds. The summed E-state index contributed by atoms with van der Waals surface area (Å²) >= 11 is 0. The van der Waals surface area contributed by atoms with Crippen molar-refractivity contribution in [3.05, 3.63) is 11.6 Å². The summed E-state index contributed by atoms with van der Waals surface area (Å²) in [7, 11) is -1.87. The lowest BCUT2D eigenvalue weighted by atomic mass is 10.2. The van der Waals surface area contributed by atoms with Crippen LogP contribution in [-0.4, -0.2) is 25.4 Å². The number of carboxylic acids is 1. The summed E-state index contributed by atoms with van der Waals surface area (Å²) in [6.07, 6.45) is 1.42. The molecule has 0 aliphatic carbocycles. The molecule has 4 nitrogen and oxygen atoms in total. The third-order valence-electron chi connectivity index (χ3n) is 2.15. The average Bonchev–Trinajstić information content (AvgIpc) is 2.13. The summed E-state index contributed by atoms with van der Waals surface area (Å²) in [5, 5.41) is 8.56. The zero-order valence-corrected chi connectivity index (χ0v) is 10.7. The van der Waals surface area contributed by atoms with Gasteiger partial charge in [0.2, 0.25) is 8.32 Å². The number of hydrogen-bond acceptors (Lipinski definition) is 3. The Labute approximate surface area is 91.1 Å². The zero-order chi connectivity index (χ0) is 12.1. The number of hydrogen-bond donors (Lipinski definition) is 1. The maximum atomic E-state index is 11.3. The molecule has 15 heavy (non-hydrogen) atoms. The smallest absolute Gasteiger partial charge is 0.330 e. The molecule has 0 saturated carbocycles. The van der Waals surface area contributed by atoms with E-state index in [1.165, 1.54) is 13.0 Å². The van der Waals surface area contributed by atoms with E-state index in [1.807, 2.05) is 20.0 Å². The Bertz CT molecular complexity index is 281. The molecule has 0 aromatic heterocycles. The van der Waals surface area contributed by atoms with Gasteiger partial charge in [0.15, 0.2) is 0 Å². The lowest BCUT2D eigenvalue weighted by Gasteiger charge is -2.20. The second-order valence-electron chi connectivity index (χ2n) is 3.98. The molecule has 0 unspecified atom stereocenters. The van der Waals surface area contributed by atoms with Crippen LogP contribution in [0.3, 0.4) is 0 Å². The average molecular weight is 230 g/mol. The largest absolute Gasteiger partial charge is 0.519 e. The second kappa shape index (κ2) is 5.70. The van der Waals surface area contributed by atoms with E-state index < -0.39 is 14.3 Å². The first kappa shape index (κ1) is 13.9. The molecule has 0 atom stereocenters. The topological polar surface area (TPSA) is 63.6 Å². The van der Waals surface area contributed by atoms with Crippen molar-refractivity contribution < 1.29 is 19.1 Å². The standard InChI is InChI=1S/C10H18O4Si/c1-5-15(3,4)14-9(11)7-6-8(2)10(12)13/h6H,5,7H2,1-4H3,(H,12,13). The molecule has 0 rings (SSSR count). The van der Waals surface area contributed by atoms with Gasteiger partial charge in [-0.2, -0.15) is 0 Å². The summed E-state index contributed by atoms with van der Waals surface area (Å²) in [5.74, 6) is -1.34. The minimum absolute atomic E-state index is 0.0363. The van der Waals surface area contributed by atoms with Gasteiger partial charge in [-0.3, -0.25) is 4.79 Å². The van der Waals surface area contributed by atoms with Crippen molar-refractivity contribution in [2.75, 3.05) is 0 Å². The highest BCUT2D eigenvalue weighted by Crippen LogP contribution is 2.11. The van der Waals surface area contributed by atoms with Crippen molar-refractivity contribution in [2.24, 2.45) is 0 Å². The number of carbonyl (C=O) groups excluding carboxylic acids is 1. The van der Waals surface area contributed by atoms with Crippen LogP contribution in [0.5, 0.6) is 0 Å². The summed E-state index contributed by atoms with van der Waals surface area (Å²) < 4.78 is 5.28. The van der Waals surface area contributed by atoms with Gasteiger partial charge < -0.3 is 9.53 Å². The SMILES string of the molecule is CC[Si](C)(C)OC(=O)CC=C(C)C(=O)O. The van der Waals surface area contributed by atoms with E-state index >= 15 is 0 Å². The van der Waals surface area contributed by atoms with Crippen molar-refractivity contribution in [1.29, 1.82) is 0 Å². The van der Waals surface area contributed by atoms with Gasteiger partial charge in [0.1, 0.15) is 0 Å². The molecule has 5 heteroatoms. The highest BCUT2D eigenvalue weighted by atomic mass is 28.4. The van der Waals surface area contributed by atoms with E-state index in [1.54, 1.807) is 0 Å². The van der Waals surface area contributed by atoms with Gasteiger partial charge in [0.25, 0.3) is 5.97 Å². The molecule has 0 heterocycles. The van der Waals surface area contributed by atoms with Crippen LogP contribution in [0.15, 0.2) is 11.6 Å². The van der Waals surface area contributed by atoms with E-state index in [0.717, 1.165) is 6.04 Å². The molecule has 0 fully saturated rings. The number of carboxylic acid groups (broad SMARTS) is 1. The number of carbonyl (C=O) groups is 2. The van der Waals surface area contributed by atoms with Crippen LogP contribution < -0.4 is 0 Å². The summed E-state index contributed by atoms with van der Waals surface area (Å²) in [4.78, 5) is 21.8. The highest BCUT2D eigenvalue weighted by Gasteiger charge is 2.23. The highest BCUT2D eigenvalue weighted by molar-refractivity contribution is 6.72. The molecular formula is C10H18O4Si. The molecule has 0 aliphatic rings. The first-order chi connectivity index (χ1) is 6.78. The maximum Gasteiger partial charge on any atom is 0.330 e. The fourth-order valence-corrected chi connectivity index (χ4v) is 1.59. The first-order valence-electron chi connectivity index (χ1n) is 4.90. The summed E-state index contributed by atoms with van der Waals surface area (Å²) in [6.45, 7) is 7.35. The normalized spacial score (nSPS) is 12.4. The van der Waals surface area contributed by atoms with Crippen molar-refractivity contribution >= 4 is 20.3 Å². The lowest BCUT2D eigenvalue weighted by molar-refractivity contribution is -0.134. The molecular weight excluding hydrogens is 212 g/mol. The van der Waals surface area contributed by atoms with Gasteiger partial charge >= 0.3 is 5.97 Å². The second-order valence-corrected chi connectivity index (χ2v) is 8.41. The van der Waals surface area contributed by atoms with Crippen LogP contribution in [0.2, 0.25) is 19.1 Å². The Morgan fingerprint density at radius 1 is 1.40 bits per heavy atom. The third kappa shape index (κ3) is 6.06. The fourth-order valence-electron chi connectivity index (χ4n) is 0.746. The van der Waals surface area contributed by atoms with Gasteiger partial charge in [0.05, 0.1) is 6.42 Å². The summed E-state index contributed by atoms with van der Waals surface area (Å²) in [6, 6.07) is 0.861. The Morgan fingerprint density at radius 2 is 1.93 bits per heavy atom. The third-order valence-corrected chi connectivity index (χ3v) is 4.64. The Kier molecular flexibility index (Phi) is 5.28.